The molecule has 0 spiro atoms. The Bertz CT molecular complexity index is 488. The first-order valence-electron chi connectivity index (χ1n) is 5.62. The van der Waals surface area contributed by atoms with E-state index in [-0.39, 0.29) is 0 Å². The minimum atomic E-state index is 0.881. The van der Waals surface area contributed by atoms with Crippen LogP contribution in [0.2, 0.25) is 0 Å². The van der Waals surface area contributed by atoms with Gasteiger partial charge in [0.2, 0.25) is 0 Å². The summed E-state index contributed by atoms with van der Waals surface area (Å²) >= 11 is 0. The molecule has 0 bridgehead atoms. The van der Waals surface area contributed by atoms with E-state index in [0.717, 1.165) is 35.5 Å². The Morgan fingerprint density at radius 1 is 1.38 bits per heavy atom. The second kappa shape index (κ2) is 4.47. The van der Waals surface area contributed by atoms with Crippen molar-refractivity contribution in [1.82, 2.24) is 19.7 Å². The first kappa shape index (κ1) is 10.9. The van der Waals surface area contributed by atoms with Gasteiger partial charge in [0.05, 0.1) is 11.1 Å². The van der Waals surface area contributed by atoms with Gasteiger partial charge in [0.1, 0.15) is 12.1 Å². The third-order valence-electron chi connectivity index (χ3n) is 2.62. The van der Waals surface area contributed by atoms with E-state index in [0.29, 0.717) is 0 Å². The first-order chi connectivity index (χ1) is 7.74. The highest BCUT2D eigenvalue weighted by atomic mass is 15.3. The molecule has 1 N–H and O–H groups in total. The number of fused-ring (bicyclic) bond motifs is 1. The van der Waals surface area contributed by atoms with E-state index >= 15 is 0 Å². The molecule has 86 valence electrons. The van der Waals surface area contributed by atoms with E-state index in [1.165, 1.54) is 6.42 Å². The van der Waals surface area contributed by atoms with E-state index in [4.69, 9.17) is 0 Å². The summed E-state index contributed by atoms with van der Waals surface area (Å²) in [6.45, 7) is 5.10. The first-order valence-corrected chi connectivity index (χ1v) is 5.62. The zero-order valence-corrected chi connectivity index (χ0v) is 9.99. The van der Waals surface area contributed by atoms with E-state index in [1.54, 1.807) is 11.0 Å². The second-order valence-corrected chi connectivity index (χ2v) is 3.91. The maximum Gasteiger partial charge on any atom is 0.163 e. The molecule has 2 rings (SSSR count). The van der Waals surface area contributed by atoms with Crippen molar-refractivity contribution in [1.29, 1.82) is 0 Å². The highest BCUT2D eigenvalue weighted by Gasteiger charge is 2.11. The molecule has 0 aromatic carbocycles. The van der Waals surface area contributed by atoms with Crippen LogP contribution in [-0.4, -0.2) is 26.3 Å². The van der Waals surface area contributed by atoms with Crippen LogP contribution in [0.1, 0.15) is 25.5 Å². The predicted octanol–water partition coefficient (Wildman–Crippen LogP) is 1.88. The number of anilines is 1. The molecule has 0 unspecified atom stereocenters. The van der Waals surface area contributed by atoms with Crippen molar-refractivity contribution >= 4 is 16.9 Å². The molecule has 5 heteroatoms. The maximum absolute atomic E-state index is 4.35. The molecule has 2 heterocycles. The number of nitrogens with zero attached hydrogens (tertiary/aromatic N) is 4. The summed E-state index contributed by atoms with van der Waals surface area (Å²) in [6, 6.07) is 0. The summed E-state index contributed by atoms with van der Waals surface area (Å²) in [5.41, 5.74) is 1.85. The topological polar surface area (TPSA) is 55.6 Å². The fourth-order valence-electron chi connectivity index (χ4n) is 1.79. The quantitative estimate of drug-likeness (QED) is 0.798. The Kier molecular flexibility index (Phi) is 3.03. The van der Waals surface area contributed by atoms with Gasteiger partial charge in [-0.25, -0.2) is 9.97 Å². The van der Waals surface area contributed by atoms with Crippen LogP contribution in [0.4, 0.5) is 5.82 Å². The summed E-state index contributed by atoms with van der Waals surface area (Å²) in [6.07, 6.45) is 3.90. The van der Waals surface area contributed by atoms with E-state index < -0.39 is 0 Å². The molecule has 2 aromatic heterocycles. The molecule has 0 radical (unpaired) electrons. The van der Waals surface area contributed by atoms with E-state index in [1.807, 2.05) is 14.0 Å². The normalized spacial score (nSPS) is 10.9. The highest BCUT2D eigenvalue weighted by molar-refractivity contribution is 5.88. The molecule has 0 atom stereocenters. The maximum atomic E-state index is 4.35. The SMILES string of the molecule is CCCCNc1ncnc2c1c(C)nn2C. The second-order valence-electron chi connectivity index (χ2n) is 3.91. The Morgan fingerprint density at radius 3 is 2.94 bits per heavy atom. The number of rotatable bonds is 4. The van der Waals surface area contributed by atoms with Crippen LogP contribution in [0, 0.1) is 6.92 Å². The molecular weight excluding hydrogens is 202 g/mol. The van der Waals surface area contributed by atoms with Gasteiger partial charge in [-0.3, -0.25) is 4.68 Å². The lowest BCUT2D eigenvalue weighted by molar-refractivity contribution is 0.773. The average Bonchev–Trinajstić information content (AvgIpc) is 2.56. The molecule has 2 aromatic rings. The third-order valence-corrected chi connectivity index (χ3v) is 2.62. The molecule has 0 aliphatic carbocycles. The largest absolute Gasteiger partial charge is 0.369 e. The minimum absolute atomic E-state index is 0.881. The van der Waals surface area contributed by atoms with Crippen LogP contribution in [-0.2, 0) is 7.05 Å². The van der Waals surface area contributed by atoms with Crippen molar-refractivity contribution in [3.05, 3.63) is 12.0 Å². The molecular formula is C11H17N5. The Labute approximate surface area is 94.9 Å². The monoisotopic (exact) mass is 219 g/mol. The fourth-order valence-corrected chi connectivity index (χ4v) is 1.79. The van der Waals surface area contributed by atoms with Gasteiger partial charge < -0.3 is 5.32 Å². The van der Waals surface area contributed by atoms with Crippen LogP contribution >= 0.6 is 0 Å². The number of nitrogens with one attached hydrogen (secondary N) is 1. The van der Waals surface area contributed by atoms with Crippen molar-refractivity contribution in [3.8, 4) is 0 Å². The Morgan fingerprint density at radius 2 is 2.19 bits per heavy atom. The van der Waals surface area contributed by atoms with Crippen LogP contribution in [0.15, 0.2) is 6.33 Å². The Hall–Kier alpha value is -1.65. The van der Waals surface area contributed by atoms with Gasteiger partial charge in [0.15, 0.2) is 5.65 Å². The van der Waals surface area contributed by atoms with Gasteiger partial charge in [-0.15, -0.1) is 0 Å². The number of aromatic nitrogens is 4. The van der Waals surface area contributed by atoms with Crippen molar-refractivity contribution in [2.24, 2.45) is 7.05 Å². The zero-order valence-electron chi connectivity index (χ0n) is 9.99. The molecule has 0 aliphatic heterocycles. The van der Waals surface area contributed by atoms with E-state index in [9.17, 15) is 0 Å². The van der Waals surface area contributed by atoms with Gasteiger partial charge in [0.25, 0.3) is 0 Å². The summed E-state index contributed by atoms with van der Waals surface area (Å²) < 4.78 is 1.79. The van der Waals surface area contributed by atoms with Crippen LogP contribution in [0.5, 0.6) is 0 Å². The van der Waals surface area contributed by atoms with Gasteiger partial charge in [-0.1, -0.05) is 13.3 Å². The summed E-state index contributed by atoms with van der Waals surface area (Å²) in [4.78, 5) is 8.52. The lowest BCUT2D eigenvalue weighted by Crippen LogP contribution is -2.04. The van der Waals surface area contributed by atoms with Crippen molar-refractivity contribution < 1.29 is 0 Å². The third kappa shape index (κ3) is 1.85. The number of aryl methyl sites for hydroxylation is 2. The summed E-state index contributed by atoms with van der Waals surface area (Å²) in [7, 11) is 1.90. The highest BCUT2D eigenvalue weighted by Crippen LogP contribution is 2.21. The molecule has 16 heavy (non-hydrogen) atoms. The Balaban J connectivity index is 2.37. The molecule has 0 amide bonds. The van der Waals surface area contributed by atoms with Crippen molar-refractivity contribution in [2.45, 2.75) is 26.7 Å². The lowest BCUT2D eigenvalue weighted by atomic mass is 10.3. The molecule has 0 aliphatic rings. The number of hydrogen-bond acceptors (Lipinski definition) is 4. The van der Waals surface area contributed by atoms with Crippen LogP contribution in [0.25, 0.3) is 11.0 Å². The lowest BCUT2D eigenvalue weighted by Gasteiger charge is -2.05. The summed E-state index contributed by atoms with van der Waals surface area (Å²) in [5, 5.41) is 8.72. The van der Waals surface area contributed by atoms with Gasteiger partial charge in [0, 0.05) is 13.6 Å². The number of hydrogen-bond donors (Lipinski definition) is 1. The molecule has 0 saturated heterocycles. The van der Waals surface area contributed by atoms with Crippen molar-refractivity contribution in [3.63, 3.8) is 0 Å². The van der Waals surface area contributed by atoms with Crippen LogP contribution < -0.4 is 5.32 Å². The van der Waals surface area contributed by atoms with Gasteiger partial charge in [-0.2, -0.15) is 5.10 Å². The van der Waals surface area contributed by atoms with E-state index in [2.05, 4.69) is 27.3 Å². The van der Waals surface area contributed by atoms with Crippen LogP contribution in [0.3, 0.4) is 0 Å². The van der Waals surface area contributed by atoms with Gasteiger partial charge in [-0.05, 0) is 13.3 Å². The standard InChI is InChI=1S/C11H17N5/c1-4-5-6-12-10-9-8(2)15-16(3)11(9)14-7-13-10/h7H,4-6H2,1-3H3,(H,12,13,14). The fraction of sp³-hybridized carbons (Fsp3) is 0.545. The summed E-state index contributed by atoms with van der Waals surface area (Å²) in [5.74, 6) is 0.893. The molecule has 0 saturated carbocycles. The predicted molar refractivity (Wildman–Crippen MR) is 64.4 cm³/mol. The number of unbranched alkanes of at least 4 members (excludes halogenated alkanes) is 1. The molecule has 5 nitrogen and oxygen atoms in total. The average molecular weight is 219 g/mol. The smallest absolute Gasteiger partial charge is 0.163 e. The zero-order chi connectivity index (χ0) is 11.5. The van der Waals surface area contributed by atoms with Gasteiger partial charge >= 0.3 is 0 Å². The molecule has 0 fully saturated rings. The minimum Gasteiger partial charge on any atom is -0.369 e. The van der Waals surface area contributed by atoms with Crippen molar-refractivity contribution in [2.75, 3.05) is 11.9 Å².